The number of benzene rings is 1. The van der Waals surface area contributed by atoms with Crippen LogP contribution < -0.4 is 35.6 Å². The molecule has 0 unspecified atom stereocenters. The molecule has 0 heterocycles. The Morgan fingerprint density at radius 2 is 1.74 bits per heavy atom. The molecule has 0 spiro atoms. The molecule has 0 saturated heterocycles. The normalized spacial score (nSPS) is 15.3. The number of methoxy groups -OCH3 is 3. The van der Waals surface area contributed by atoms with Crippen LogP contribution in [0.15, 0.2) is 29.1 Å². The fraction of sp³-hybridized carbons (Fsp3) is 0.545. The Morgan fingerprint density at radius 1 is 1.02 bits per heavy atom. The highest BCUT2D eigenvalue weighted by molar-refractivity contribution is 5.86. The van der Waals surface area contributed by atoms with Crippen molar-refractivity contribution in [2.75, 3.05) is 39.8 Å². The minimum atomic E-state index is -0.622. The van der Waals surface area contributed by atoms with E-state index in [0.717, 1.165) is 23.1 Å². The molecule has 0 aromatic heterocycles. The fourth-order valence-corrected chi connectivity index (χ4v) is 5.41. The molecular formula is C33H47N3O7. The summed E-state index contributed by atoms with van der Waals surface area (Å²) < 4.78 is 22.7. The Hall–Kier alpha value is -3.79. The molecule has 2 amide bonds. The molecule has 10 heteroatoms. The molecule has 3 atom stereocenters. The Kier molecular flexibility index (Phi) is 12.2. The lowest BCUT2D eigenvalue weighted by Crippen LogP contribution is -2.44. The quantitative estimate of drug-likeness (QED) is 0.270. The van der Waals surface area contributed by atoms with E-state index in [-0.39, 0.29) is 29.3 Å². The zero-order chi connectivity index (χ0) is 31.7. The molecule has 2 aromatic rings. The van der Waals surface area contributed by atoms with Crippen LogP contribution in [0.4, 0.5) is 5.69 Å². The highest BCUT2D eigenvalue weighted by atomic mass is 16.5. The van der Waals surface area contributed by atoms with Gasteiger partial charge in [-0.2, -0.15) is 0 Å². The van der Waals surface area contributed by atoms with Crippen LogP contribution in [-0.4, -0.2) is 58.4 Å². The van der Waals surface area contributed by atoms with Gasteiger partial charge in [0, 0.05) is 25.6 Å². The van der Waals surface area contributed by atoms with E-state index in [1.54, 1.807) is 33.5 Å². The second-order valence-corrected chi connectivity index (χ2v) is 11.2. The van der Waals surface area contributed by atoms with E-state index in [2.05, 4.69) is 16.0 Å². The maximum atomic E-state index is 13.8. The van der Waals surface area contributed by atoms with Gasteiger partial charge in [-0.3, -0.25) is 14.4 Å². The van der Waals surface area contributed by atoms with E-state index in [1.807, 2.05) is 39.8 Å². The van der Waals surface area contributed by atoms with Crippen LogP contribution in [0, 0.1) is 5.92 Å². The lowest BCUT2D eigenvalue weighted by molar-refractivity contribution is -0.123. The van der Waals surface area contributed by atoms with Crippen molar-refractivity contribution < 1.29 is 28.5 Å². The number of hydrogen-bond acceptors (Lipinski definition) is 8. The van der Waals surface area contributed by atoms with Gasteiger partial charge in [0.1, 0.15) is 6.04 Å². The van der Waals surface area contributed by atoms with Crippen molar-refractivity contribution >= 4 is 17.5 Å². The summed E-state index contributed by atoms with van der Waals surface area (Å²) in [6.45, 7) is 10.4. The number of fused-ring (bicyclic) bond motifs is 3. The first-order chi connectivity index (χ1) is 20.6. The molecule has 3 N–H and O–H groups in total. The van der Waals surface area contributed by atoms with Crippen molar-refractivity contribution in [2.45, 2.75) is 78.5 Å². The molecule has 3 rings (SSSR count). The Balaban J connectivity index is 2.10. The average Bonchev–Trinajstić information content (AvgIpc) is 3.22. The molecule has 0 radical (unpaired) electrons. The maximum absolute atomic E-state index is 13.8. The number of amides is 2. The fourth-order valence-electron chi connectivity index (χ4n) is 5.41. The van der Waals surface area contributed by atoms with Gasteiger partial charge in [0.15, 0.2) is 11.5 Å². The maximum Gasteiger partial charge on any atom is 0.242 e. The summed E-state index contributed by atoms with van der Waals surface area (Å²) in [5.74, 6) is 1.03. The lowest BCUT2D eigenvalue weighted by atomic mass is 9.95. The van der Waals surface area contributed by atoms with Crippen molar-refractivity contribution in [3.05, 3.63) is 45.6 Å². The van der Waals surface area contributed by atoms with Gasteiger partial charge < -0.3 is 34.9 Å². The summed E-state index contributed by atoms with van der Waals surface area (Å²) in [5, 5.41) is 9.25. The standard InChI is InChI=1S/C33H47N3O7/c1-9-20(4)30(33(39)34-15-10-16-43-19(2)3)36-26-14-12-23-24(18-27(26)38)25(35-21(5)37)13-11-22-17-28(40-6)31(41-7)32(42-8)29(22)23/h12,14,17-20,25,30H,9-11,13,15-16H2,1-8H3,(H,34,39)(H,35,37)(H,36,38)/t20-,25-,30+/m0/s1. The number of carbonyl (C=O) groups is 2. The molecule has 0 aliphatic heterocycles. The lowest BCUT2D eigenvalue weighted by Gasteiger charge is -2.24. The molecule has 0 saturated carbocycles. The van der Waals surface area contributed by atoms with Crippen molar-refractivity contribution in [3.8, 4) is 28.4 Å². The summed E-state index contributed by atoms with van der Waals surface area (Å²) in [6.07, 6.45) is 2.73. The molecule has 1 aliphatic carbocycles. The van der Waals surface area contributed by atoms with Gasteiger partial charge in [0.05, 0.1) is 39.2 Å². The summed E-state index contributed by atoms with van der Waals surface area (Å²) in [7, 11) is 4.68. The van der Waals surface area contributed by atoms with Crippen LogP contribution in [0.25, 0.3) is 11.1 Å². The zero-order valence-corrected chi connectivity index (χ0v) is 26.7. The van der Waals surface area contributed by atoms with Crippen molar-refractivity contribution in [3.63, 3.8) is 0 Å². The van der Waals surface area contributed by atoms with Gasteiger partial charge in [-0.25, -0.2) is 0 Å². The Morgan fingerprint density at radius 3 is 2.35 bits per heavy atom. The highest BCUT2D eigenvalue weighted by Crippen LogP contribution is 2.50. The zero-order valence-electron chi connectivity index (χ0n) is 26.7. The summed E-state index contributed by atoms with van der Waals surface area (Å²) in [4.78, 5) is 39.3. The third-order valence-electron chi connectivity index (χ3n) is 7.79. The molecular weight excluding hydrogens is 550 g/mol. The molecule has 0 bridgehead atoms. The van der Waals surface area contributed by atoms with Crippen molar-refractivity contribution in [2.24, 2.45) is 5.92 Å². The van der Waals surface area contributed by atoms with Crippen LogP contribution in [0.5, 0.6) is 17.2 Å². The van der Waals surface area contributed by atoms with Crippen LogP contribution in [0.2, 0.25) is 0 Å². The molecule has 43 heavy (non-hydrogen) atoms. The van der Waals surface area contributed by atoms with Gasteiger partial charge in [0.2, 0.25) is 23.0 Å². The minimum Gasteiger partial charge on any atom is -0.493 e. The van der Waals surface area contributed by atoms with E-state index in [4.69, 9.17) is 18.9 Å². The summed E-state index contributed by atoms with van der Waals surface area (Å²) >= 11 is 0. The SMILES string of the molecule is CC[C@H](C)[C@@H](Nc1ccc2c(cc1=O)[C@@H](NC(C)=O)CCc1cc(OC)c(OC)c(OC)c1-2)C(=O)NCCCOC(C)C. The van der Waals surface area contributed by atoms with E-state index in [1.165, 1.54) is 6.92 Å². The number of anilines is 1. The van der Waals surface area contributed by atoms with Crippen LogP contribution in [0.1, 0.15) is 71.0 Å². The monoisotopic (exact) mass is 597 g/mol. The topological polar surface area (TPSA) is 124 Å². The van der Waals surface area contributed by atoms with E-state index >= 15 is 0 Å². The third-order valence-corrected chi connectivity index (χ3v) is 7.79. The Bertz CT molecular complexity index is 1340. The number of rotatable bonds is 14. The molecule has 1 aliphatic rings. The molecule has 10 nitrogen and oxygen atoms in total. The van der Waals surface area contributed by atoms with Crippen molar-refractivity contribution in [1.82, 2.24) is 10.6 Å². The molecule has 2 aromatic carbocycles. The predicted octanol–water partition coefficient (Wildman–Crippen LogP) is 4.62. The first-order valence-electron chi connectivity index (χ1n) is 15.0. The summed E-state index contributed by atoms with van der Waals surface area (Å²) in [6, 6.07) is 5.98. The third kappa shape index (κ3) is 8.19. The Labute approximate surface area is 254 Å². The second-order valence-electron chi connectivity index (χ2n) is 11.2. The molecule has 236 valence electrons. The number of carbonyl (C=O) groups excluding carboxylic acids is 2. The van der Waals surface area contributed by atoms with Gasteiger partial charge in [-0.05, 0) is 73.9 Å². The van der Waals surface area contributed by atoms with E-state index < -0.39 is 12.1 Å². The van der Waals surface area contributed by atoms with Crippen LogP contribution >= 0.6 is 0 Å². The van der Waals surface area contributed by atoms with Crippen LogP contribution in [-0.2, 0) is 20.7 Å². The second kappa shape index (κ2) is 15.6. The van der Waals surface area contributed by atoms with Gasteiger partial charge in [-0.1, -0.05) is 26.3 Å². The predicted molar refractivity (Wildman–Crippen MR) is 168 cm³/mol. The van der Waals surface area contributed by atoms with E-state index in [0.29, 0.717) is 60.9 Å². The number of hydrogen-bond donors (Lipinski definition) is 3. The first-order valence-corrected chi connectivity index (χ1v) is 15.0. The molecule has 0 fully saturated rings. The van der Waals surface area contributed by atoms with Gasteiger partial charge >= 0.3 is 0 Å². The summed E-state index contributed by atoms with van der Waals surface area (Å²) in [5.41, 5.74) is 3.10. The van der Waals surface area contributed by atoms with Crippen LogP contribution in [0.3, 0.4) is 0 Å². The number of ether oxygens (including phenoxy) is 4. The first kappa shape index (κ1) is 33.7. The average molecular weight is 598 g/mol. The van der Waals surface area contributed by atoms with E-state index in [9.17, 15) is 14.4 Å². The minimum absolute atomic E-state index is 0.0423. The largest absolute Gasteiger partial charge is 0.493 e. The number of nitrogens with one attached hydrogen (secondary N) is 3. The van der Waals surface area contributed by atoms with Gasteiger partial charge in [0.25, 0.3) is 0 Å². The van der Waals surface area contributed by atoms with Crippen molar-refractivity contribution in [1.29, 1.82) is 0 Å². The number of aryl methyl sites for hydroxylation is 1. The van der Waals surface area contributed by atoms with Gasteiger partial charge in [-0.15, -0.1) is 0 Å². The highest BCUT2D eigenvalue weighted by Gasteiger charge is 2.30. The smallest absolute Gasteiger partial charge is 0.242 e.